The van der Waals surface area contributed by atoms with Gasteiger partial charge in [-0.25, -0.2) is 0 Å². The highest BCUT2D eigenvalue weighted by molar-refractivity contribution is 5.29. The number of rotatable bonds is 5. The van der Waals surface area contributed by atoms with Gasteiger partial charge in [0.05, 0.1) is 0 Å². The highest BCUT2D eigenvalue weighted by atomic mass is 14.9. The van der Waals surface area contributed by atoms with Crippen LogP contribution in [0.5, 0.6) is 0 Å². The van der Waals surface area contributed by atoms with Crippen molar-refractivity contribution in [1.82, 2.24) is 5.32 Å². The van der Waals surface area contributed by atoms with E-state index in [9.17, 15) is 0 Å². The van der Waals surface area contributed by atoms with Crippen molar-refractivity contribution >= 4 is 0 Å². The van der Waals surface area contributed by atoms with Crippen molar-refractivity contribution < 1.29 is 0 Å². The Morgan fingerprint density at radius 2 is 1.79 bits per heavy atom. The van der Waals surface area contributed by atoms with Crippen molar-refractivity contribution in [2.24, 2.45) is 5.41 Å². The lowest BCUT2D eigenvalue weighted by molar-refractivity contribution is 0.240. The third-order valence-corrected chi connectivity index (χ3v) is 3.74. The molecule has 0 heterocycles. The van der Waals surface area contributed by atoms with E-state index in [1.807, 2.05) is 0 Å². The average molecular weight is 259 g/mol. The van der Waals surface area contributed by atoms with Gasteiger partial charge < -0.3 is 5.32 Å². The first-order chi connectivity index (χ1) is 8.75. The fraction of sp³-hybridized carbons (Fsp3) is 0.667. The lowest BCUT2D eigenvalue weighted by Gasteiger charge is -2.33. The Morgan fingerprint density at radius 1 is 1.11 bits per heavy atom. The standard InChI is InChI=1S/C18H29N/c1-17(2,3)13-18(4,5)19-12-14-7-6-8-16(11-14)15-9-10-15/h6-8,11,15,19H,9-10,12-13H2,1-5H3. The fourth-order valence-electron chi connectivity index (χ4n) is 3.10. The molecule has 2 rings (SSSR count). The summed E-state index contributed by atoms with van der Waals surface area (Å²) in [6.45, 7) is 12.5. The molecule has 0 amide bonds. The SMILES string of the molecule is CC(C)(C)CC(C)(C)NCc1cccc(C2CC2)c1. The first kappa shape index (κ1) is 14.6. The van der Waals surface area contributed by atoms with E-state index in [2.05, 4.69) is 64.2 Å². The second-order valence-corrected chi connectivity index (χ2v) is 7.99. The largest absolute Gasteiger partial charge is 0.308 e. The molecule has 0 spiro atoms. The molecule has 0 saturated heterocycles. The predicted octanol–water partition coefficient (Wildman–Crippen LogP) is 4.87. The van der Waals surface area contributed by atoms with Crippen molar-refractivity contribution in [3.8, 4) is 0 Å². The van der Waals surface area contributed by atoms with Gasteiger partial charge >= 0.3 is 0 Å². The molecule has 19 heavy (non-hydrogen) atoms. The first-order valence-corrected chi connectivity index (χ1v) is 7.59. The van der Waals surface area contributed by atoms with Crippen molar-refractivity contribution in [1.29, 1.82) is 0 Å². The minimum atomic E-state index is 0.188. The van der Waals surface area contributed by atoms with Gasteiger partial charge in [-0.3, -0.25) is 0 Å². The third-order valence-electron chi connectivity index (χ3n) is 3.74. The summed E-state index contributed by atoms with van der Waals surface area (Å²) in [5.41, 5.74) is 3.51. The van der Waals surface area contributed by atoms with E-state index in [1.165, 1.54) is 30.4 Å². The summed E-state index contributed by atoms with van der Waals surface area (Å²) >= 11 is 0. The molecular formula is C18H29N. The molecule has 1 aliphatic rings. The third kappa shape index (κ3) is 4.99. The number of hydrogen-bond donors (Lipinski definition) is 1. The summed E-state index contributed by atoms with van der Waals surface area (Å²) in [4.78, 5) is 0. The van der Waals surface area contributed by atoms with Crippen LogP contribution < -0.4 is 5.32 Å². The predicted molar refractivity (Wildman–Crippen MR) is 83.4 cm³/mol. The molecule has 1 aromatic carbocycles. The molecule has 1 aliphatic carbocycles. The highest BCUT2D eigenvalue weighted by Crippen LogP contribution is 2.40. The molecule has 0 atom stereocenters. The highest BCUT2D eigenvalue weighted by Gasteiger charge is 2.25. The normalized spacial score (nSPS) is 16.7. The maximum absolute atomic E-state index is 3.72. The van der Waals surface area contributed by atoms with E-state index in [0.717, 1.165) is 12.5 Å². The Morgan fingerprint density at radius 3 is 2.37 bits per heavy atom. The van der Waals surface area contributed by atoms with E-state index < -0.39 is 0 Å². The molecule has 1 N–H and O–H groups in total. The summed E-state index contributed by atoms with van der Waals surface area (Å²) in [5, 5.41) is 3.72. The van der Waals surface area contributed by atoms with Gasteiger partial charge in [-0.15, -0.1) is 0 Å². The zero-order valence-electron chi connectivity index (χ0n) is 13.2. The zero-order valence-corrected chi connectivity index (χ0v) is 13.2. The lowest BCUT2D eigenvalue weighted by atomic mass is 9.81. The summed E-state index contributed by atoms with van der Waals surface area (Å²) in [6, 6.07) is 9.12. The zero-order chi connectivity index (χ0) is 14.1. The van der Waals surface area contributed by atoms with Crippen LogP contribution in [0.2, 0.25) is 0 Å². The van der Waals surface area contributed by atoms with Gasteiger partial charge in [0.1, 0.15) is 0 Å². The molecular weight excluding hydrogens is 230 g/mol. The molecule has 1 nitrogen and oxygen atoms in total. The number of nitrogens with one attached hydrogen (secondary N) is 1. The molecule has 106 valence electrons. The van der Waals surface area contributed by atoms with Crippen LogP contribution in [-0.2, 0) is 6.54 Å². The van der Waals surface area contributed by atoms with Crippen molar-refractivity contribution in [2.75, 3.05) is 0 Å². The smallest absolute Gasteiger partial charge is 0.0210 e. The Balaban J connectivity index is 1.92. The molecule has 0 aliphatic heterocycles. The first-order valence-electron chi connectivity index (χ1n) is 7.59. The molecule has 0 bridgehead atoms. The summed E-state index contributed by atoms with van der Waals surface area (Å²) < 4.78 is 0. The van der Waals surface area contributed by atoms with E-state index in [1.54, 1.807) is 0 Å². The van der Waals surface area contributed by atoms with Gasteiger partial charge in [-0.2, -0.15) is 0 Å². The van der Waals surface area contributed by atoms with Crippen LogP contribution in [0.1, 0.15) is 70.9 Å². The minimum Gasteiger partial charge on any atom is -0.308 e. The fourth-order valence-corrected chi connectivity index (χ4v) is 3.10. The number of benzene rings is 1. The topological polar surface area (TPSA) is 12.0 Å². The van der Waals surface area contributed by atoms with Crippen LogP contribution in [-0.4, -0.2) is 5.54 Å². The Kier molecular flexibility index (Phi) is 4.06. The van der Waals surface area contributed by atoms with Crippen LogP contribution in [0.3, 0.4) is 0 Å². The van der Waals surface area contributed by atoms with Gasteiger partial charge in [0.2, 0.25) is 0 Å². The molecule has 0 aromatic heterocycles. The van der Waals surface area contributed by atoms with E-state index in [0.29, 0.717) is 5.41 Å². The van der Waals surface area contributed by atoms with Gasteiger partial charge in [-0.1, -0.05) is 45.0 Å². The van der Waals surface area contributed by atoms with Gasteiger partial charge in [0.25, 0.3) is 0 Å². The van der Waals surface area contributed by atoms with Crippen molar-refractivity contribution in [3.05, 3.63) is 35.4 Å². The van der Waals surface area contributed by atoms with Gasteiger partial charge in [0, 0.05) is 12.1 Å². The minimum absolute atomic E-state index is 0.188. The Bertz CT molecular complexity index is 422. The molecule has 0 unspecified atom stereocenters. The van der Waals surface area contributed by atoms with Crippen LogP contribution in [0.25, 0.3) is 0 Å². The monoisotopic (exact) mass is 259 g/mol. The van der Waals surface area contributed by atoms with E-state index in [-0.39, 0.29) is 5.54 Å². The molecule has 1 aromatic rings. The van der Waals surface area contributed by atoms with Gasteiger partial charge in [-0.05, 0) is 55.6 Å². The summed E-state index contributed by atoms with van der Waals surface area (Å²) in [6.07, 6.45) is 3.95. The van der Waals surface area contributed by atoms with Crippen LogP contribution in [0.15, 0.2) is 24.3 Å². The van der Waals surface area contributed by atoms with Crippen LogP contribution >= 0.6 is 0 Å². The quantitative estimate of drug-likeness (QED) is 0.795. The Labute approximate surface area is 118 Å². The van der Waals surface area contributed by atoms with E-state index >= 15 is 0 Å². The summed E-state index contributed by atoms with van der Waals surface area (Å²) in [7, 11) is 0. The summed E-state index contributed by atoms with van der Waals surface area (Å²) in [5.74, 6) is 0.850. The maximum atomic E-state index is 3.72. The maximum Gasteiger partial charge on any atom is 0.0210 e. The van der Waals surface area contributed by atoms with Gasteiger partial charge in [0.15, 0.2) is 0 Å². The molecule has 1 saturated carbocycles. The molecule has 1 fully saturated rings. The molecule has 1 heteroatoms. The lowest BCUT2D eigenvalue weighted by Crippen LogP contribution is -2.41. The van der Waals surface area contributed by atoms with Crippen LogP contribution in [0.4, 0.5) is 0 Å². The average Bonchev–Trinajstić information content (AvgIpc) is 3.07. The van der Waals surface area contributed by atoms with E-state index in [4.69, 9.17) is 0 Å². The Hall–Kier alpha value is -0.820. The second kappa shape index (κ2) is 5.28. The second-order valence-electron chi connectivity index (χ2n) is 7.99. The molecule has 0 radical (unpaired) electrons. The van der Waals surface area contributed by atoms with Crippen LogP contribution in [0, 0.1) is 5.41 Å². The van der Waals surface area contributed by atoms with Crippen molar-refractivity contribution in [2.45, 2.75) is 71.9 Å². The van der Waals surface area contributed by atoms with Crippen molar-refractivity contribution in [3.63, 3.8) is 0 Å². The number of hydrogen-bond acceptors (Lipinski definition) is 1.